The van der Waals surface area contributed by atoms with Crippen LogP contribution in [0.25, 0.3) is 22.2 Å². The smallest absolute Gasteiger partial charge is 0.224 e. The molecule has 4 rings (SSSR count). The molecule has 7 heteroatoms. The summed E-state index contributed by atoms with van der Waals surface area (Å²) in [5.74, 6) is 2.15. The van der Waals surface area contributed by atoms with E-state index in [2.05, 4.69) is 20.3 Å². The summed E-state index contributed by atoms with van der Waals surface area (Å²) in [6.45, 7) is 0.618. The molecule has 146 valence electrons. The molecule has 0 spiro atoms. The van der Waals surface area contributed by atoms with Crippen LogP contribution in [0.4, 0.5) is 11.8 Å². The average molecular weight is 387 g/mol. The fourth-order valence-corrected chi connectivity index (χ4v) is 3.12. The summed E-state index contributed by atoms with van der Waals surface area (Å²) in [5, 5.41) is 4.14. The largest absolute Gasteiger partial charge is 0.493 e. The van der Waals surface area contributed by atoms with E-state index in [9.17, 15) is 0 Å². The minimum Gasteiger partial charge on any atom is -0.493 e. The topological polar surface area (TPSA) is 95.2 Å². The average Bonchev–Trinajstić information content (AvgIpc) is 2.77. The third-order valence-electron chi connectivity index (χ3n) is 4.59. The monoisotopic (exact) mass is 387 g/mol. The standard InChI is InChI=1S/C22H21N5O2/c1-28-18-9-8-15(11-19(18)29-2)16-10-17-20(24-12-14-6-4-3-5-7-14)26-22(23)27-21(17)25-13-16/h3-11,13H,12H2,1-2H3,(H3,23,24,25,26,27). The number of pyridine rings is 1. The molecule has 0 amide bonds. The predicted octanol–water partition coefficient (Wildman–Crippen LogP) is 3.90. The number of benzene rings is 2. The van der Waals surface area contributed by atoms with Crippen LogP contribution in [-0.2, 0) is 6.54 Å². The van der Waals surface area contributed by atoms with Crippen LogP contribution in [0.5, 0.6) is 11.5 Å². The molecule has 0 radical (unpaired) electrons. The summed E-state index contributed by atoms with van der Waals surface area (Å²) in [7, 11) is 3.23. The van der Waals surface area contributed by atoms with Crippen molar-refractivity contribution in [2.45, 2.75) is 6.54 Å². The Hall–Kier alpha value is -3.87. The molecule has 0 bridgehead atoms. The lowest BCUT2D eigenvalue weighted by Crippen LogP contribution is -2.06. The molecule has 0 fully saturated rings. The van der Waals surface area contributed by atoms with Crippen molar-refractivity contribution in [3.63, 3.8) is 0 Å². The van der Waals surface area contributed by atoms with Crippen molar-refractivity contribution in [2.75, 3.05) is 25.3 Å². The van der Waals surface area contributed by atoms with Crippen molar-refractivity contribution >= 4 is 22.8 Å². The maximum Gasteiger partial charge on any atom is 0.224 e. The van der Waals surface area contributed by atoms with Crippen molar-refractivity contribution < 1.29 is 9.47 Å². The first kappa shape index (κ1) is 18.5. The Labute approximate surface area is 168 Å². The third kappa shape index (κ3) is 3.89. The minimum atomic E-state index is 0.180. The molecule has 2 aromatic heterocycles. The zero-order chi connectivity index (χ0) is 20.2. The lowest BCUT2D eigenvalue weighted by molar-refractivity contribution is 0.355. The highest BCUT2D eigenvalue weighted by Gasteiger charge is 2.11. The van der Waals surface area contributed by atoms with Crippen LogP contribution >= 0.6 is 0 Å². The molecule has 0 unspecified atom stereocenters. The number of nitrogens with one attached hydrogen (secondary N) is 1. The van der Waals surface area contributed by atoms with Crippen molar-refractivity contribution in [1.82, 2.24) is 15.0 Å². The van der Waals surface area contributed by atoms with Crippen LogP contribution in [0.15, 0.2) is 60.8 Å². The van der Waals surface area contributed by atoms with Crippen LogP contribution in [0.2, 0.25) is 0 Å². The van der Waals surface area contributed by atoms with Gasteiger partial charge in [-0.2, -0.15) is 9.97 Å². The number of rotatable bonds is 6. The van der Waals surface area contributed by atoms with Crippen molar-refractivity contribution in [2.24, 2.45) is 0 Å². The number of nitrogens with zero attached hydrogens (tertiary/aromatic N) is 3. The summed E-state index contributed by atoms with van der Waals surface area (Å²) in [6.07, 6.45) is 1.76. The number of aromatic nitrogens is 3. The first-order valence-electron chi connectivity index (χ1n) is 9.11. The molecule has 2 aromatic carbocycles. The van der Waals surface area contributed by atoms with E-state index in [0.717, 1.165) is 22.1 Å². The van der Waals surface area contributed by atoms with Gasteiger partial charge in [0.25, 0.3) is 0 Å². The quantitative estimate of drug-likeness (QED) is 0.518. The SMILES string of the molecule is COc1ccc(-c2cnc3nc(N)nc(NCc4ccccc4)c3c2)cc1OC. The molecular weight excluding hydrogens is 366 g/mol. The number of anilines is 2. The minimum absolute atomic E-state index is 0.180. The van der Waals surface area contributed by atoms with Gasteiger partial charge in [0.05, 0.1) is 19.6 Å². The normalized spacial score (nSPS) is 10.7. The van der Waals surface area contributed by atoms with Gasteiger partial charge in [0.1, 0.15) is 5.82 Å². The van der Waals surface area contributed by atoms with Gasteiger partial charge in [0.2, 0.25) is 5.95 Å². The highest BCUT2D eigenvalue weighted by Crippen LogP contribution is 2.33. The van der Waals surface area contributed by atoms with Gasteiger partial charge in [-0.3, -0.25) is 0 Å². The number of nitrogens with two attached hydrogens (primary N) is 1. The van der Waals surface area contributed by atoms with E-state index < -0.39 is 0 Å². The van der Waals surface area contributed by atoms with Gasteiger partial charge in [-0.05, 0) is 29.3 Å². The second kappa shape index (κ2) is 8.02. The van der Waals surface area contributed by atoms with Gasteiger partial charge in [-0.25, -0.2) is 4.98 Å². The van der Waals surface area contributed by atoms with Crippen molar-refractivity contribution in [1.29, 1.82) is 0 Å². The van der Waals surface area contributed by atoms with Gasteiger partial charge < -0.3 is 20.5 Å². The number of ether oxygens (including phenoxy) is 2. The summed E-state index contributed by atoms with van der Waals surface area (Å²) in [4.78, 5) is 13.1. The molecule has 0 saturated carbocycles. The number of nitrogen functional groups attached to an aromatic ring is 1. The Kier molecular flexibility index (Phi) is 5.11. The van der Waals surface area contributed by atoms with E-state index in [1.807, 2.05) is 54.6 Å². The number of hydrogen-bond acceptors (Lipinski definition) is 7. The molecule has 29 heavy (non-hydrogen) atoms. The van der Waals surface area contributed by atoms with Crippen LogP contribution in [-0.4, -0.2) is 29.2 Å². The number of fused-ring (bicyclic) bond motifs is 1. The molecule has 0 aliphatic carbocycles. The fraction of sp³-hybridized carbons (Fsp3) is 0.136. The summed E-state index contributed by atoms with van der Waals surface area (Å²) in [6, 6.07) is 17.8. The molecule has 7 nitrogen and oxygen atoms in total. The van der Waals surface area contributed by atoms with Gasteiger partial charge in [-0.15, -0.1) is 0 Å². The molecule has 2 heterocycles. The lowest BCUT2D eigenvalue weighted by atomic mass is 10.1. The zero-order valence-electron chi connectivity index (χ0n) is 16.2. The molecule has 3 N–H and O–H groups in total. The van der Waals surface area contributed by atoms with Crippen molar-refractivity contribution in [3.8, 4) is 22.6 Å². The van der Waals surface area contributed by atoms with E-state index in [4.69, 9.17) is 15.2 Å². The second-order valence-electron chi connectivity index (χ2n) is 6.43. The lowest BCUT2D eigenvalue weighted by Gasteiger charge is -2.12. The van der Waals surface area contributed by atoms with Crippen LogP contribution in [0.1, 0.15) is 5.56 Å². The second-order valence-corrected chi connectivity index (χ2v) is 6.43. The first-order chi connectivity index (χ1) is 14.2. The molecule has 4 aromatic rings. The predicted molar refractivity (Wildman–Crippen MR) is 114 cm³/mol. The zero-order valence-corrected chi connectivity index (χ0v) is 16.2. The third-order valence-corrected chi connectivity index (χ3v) is 4.59. The Morgan fingerprint density at radius 1 is 0.897 bits per heavy atom. The van der Waals surface area contributed by atoms with Gasteiger partial charge in [0.15, 0.2) is 17.1 Å². The van der Waals surface area contributed by atoms with E-state index in [-0.39, 0.29) is 5.95 Å². The molecule has 0 aliphatic heterocycles. The molecule has 0 aliphatic rings. The van der Waals surface area contributed by atoms with Gasteiger partial charge in [0, 0.05) is 18.3 Å². The molecule has 0 atom stereocenters. The fourth-order valence-electron chi connectivity index (χ4n) is 3.12. The highest BCUT2D eigenvalue weighted by atomic mass is 16.5. The Balaban J connectivity index is 1.73. The highest BCUT2D eigenvalue weighted by molar-refractivity contribution is 5.90. The van der Waals surface area contributed by atoms with Crippen LogP contribution in [0, 0.1) is 0 Å². The van der Waals surface area contributed by atoms with E-state index in [1.165, 1.54) is 0 Å². The first-order valence-corrected chi connectivity index (χ1v) is 9.11. The summed E-state index contributed by atoms with van der Waals surface area (Å²) >= 11 is 0. The Morgan fingerprint density at radius 2 is 1.69 bits per heavy atom. The molecule has 0 saturated heterocycles. The maximum absolute atomic E-state index is 5.88. The van der Waals surface area contributed by atoms with Crippen LogP contribution < -0.4 is 20.5 Å². The summed E-state index contributed by atoms with van der Waals surface area (Å²) < 4.78 is 10.7. The Morgan fingerprint density at radius 3 is 2.45 bits per heavy atom. The maximum atomic E-state index is 5.88. The van der Waals surface area contributed by atoms with Crippen molar-refractivity contribution in [3.05, 3.63) is 66.4 Å². The Bertz CT molecular complexity index is 1150. The number of hydrogen-bond donors (Lipinski definition) is 2. The van der Waals surface area contributed by atoms with Crippen LogP contribution in [0.3, 0.4) is 0 Å². The molecular formula is C22H21N5O2. The van der Waals surface area contributed by atoms with Gasteiger partial charge in [-0.1, -0.05) is 36.4 Å². The van der Waals surface area contributed by atoms with E-state index in [0.29, 0.717) is 29.5 Å². The van der Waals surface area contributed by atoms with E-state index >= 15 is 0 Å². The van der Waals surface area contributed by atoms with Gasteiger partial charge >= 0.3 is 0 Å². The summed E-state index contributed by atoms with van der Waals surface area (Å²) in [5.41, 5.74) is 9.42. The number of methoxy groups -OCH3 is 2. The van der Waals surface area contributed by atoms with E-state index in [1.54, 1.807) is 20.4 Å².